The van der Waals surface area contributed by atoms with Crippen molar-refractivity contribution in [2.75, 3.05) is 18.0 Å². The van der Waals surface area contributed by atoms with E-state index in [1.165, 1.54) is 12.8 Å². The maximum Gasteiger partial charge on any atom is 0.193 e. The van der Waals surface area contributed by atoms with Crippen LogP contribution in [-0.4, -0.2) is 24.5 Å². The average Bonchev–Trinajstić information content (AvgIpc) is 2.69. The molecule has 1 fully saturated rings. The number of nitrogens with two attached hydrogens (primary N) is 2. The van der Waals surface area contributed by atoms with Crippen molar-refractivity contribution >= 4 is 17.2 Å². The van der Waals surface area contributed by atoms with E-state index in [0.29, 0.717) is 28.5 Å². The molecule has 5 N–H and O–H groups in total. The minimum atomic E-state index is -0.0794. The summed E-state index contributed by atoms with van der Waals surface area (Å²) < 4.78 is 6.17. The Hall–Kier alpha value is -2.53. The normalized spacial score (nSPS) is 18.3. The van der Waals surface area contributed by atoms with Crippen molar-refractivity contribution in [2.45, 2.75) is 44.8 Å². The number of piperidine rings is 1. The van der Waals surface area contributed by atoms with E-state index in [1.807, 2.05) is 12.1 Å². The number of hydrogen-bond donors (Lipinski definition) is 3. The molecule has 0 aromatic heterocycles. The second-order valence-corrected chi connectivity index (χ2v) is 6.82. The Labute approximate surface area is 154 Å². The standard InChI is InChI=1S/C21H27N3O2/c1-2-20(19-5-3-4-12-24-19)26-16-9-6-14(7-10-16)21(25)15-8-11-17(22)18(23)13-15/h6-11,13,19-20,24H,2-5,12,22-23H2,1H3. The third kappa shape index (κ3) is 4.17. The van der Waals surface area contributed by atoms with Gasteiger partial charge in [-0.05, 0) is 68.3 Å². The summed E-state index contributed by atoms with van der Waals surface area (Å²) in [5.74, 6) is 0.710. The lowest BCUT2D eigenvalue weighted by molar-refractivity contribution is 0.103. The molecule has 138 valence electrons. The minimum Gasteiger partial charge on any atom is -0.489 e. The summed E-state index contributed by atoms with van der Waals surface area (Å²) >= 11 is 0. The Kier molecular flexibility index (Phi) is 5.78. The molecule has 2 aromatic carbocycles. The van der Waals surface area contributed by atoms with Crippen LogP contribution in [0.25, 0.3) is 0 Å². The fraction of sp³-hybridized carbons (Fsp3) is 0.381. The summed E-state index contributed by atoms with van der Waals surface area (Å²) in [6, 6.07) is 12.7. The van der Waals surface area contributed by atoms with Gasteiger partial charge in [0, 0.05) is 17.2 Å². The summed E-state index contributed by atoms with van der Waals surface area (Å²) in [7, 11) is 0. The summed E-state index contributed by atoms with van der Waals surface area (Å²) in [6.45, 7) is 3.20. The van der Waals surface area contributed by atoms with Gasteiger partial charge in [0.05, 0.1) is 11.4 Å². The fourth-order valence-electron chi connectivity index (χ4n) is 3.39. The van der Waals surface area contributed by atoms with Crippen LogP contribution >= 0.6 is 0 Å². The maximum absolute atomic E-state index is 12.6. The number of carbonyl (C=O) groups excluding carboxylic acids is 1. The summed E-state index contributed by atoms with van der Waals surface area (Å²) in [4.78, 5) is 12.6. The zero-order valence-corrected chi connectivity index (χ0v) is 15.2. The molecule has 0 spiro atoms. The molecule has 0 aliphatic carbocycles. The Morgan fingerprint density at radius 1 is 1.12 bits per heavy atom. The van der Waals surface area contributed by atoms with Gasteiger partial charge in [0.25, 0.3) is 0 Å². The first kappa shape index (κ1) is 18.3. The van der Waals surface area contributed by atoms with Crippen LogP contribution in [0.15, 0.2) is 42.5 Å². The Morgan fingerprint density at radius 3 is 2.46 bits per heavy atom. The Balaban J connectivity index is 1.69. The third-order valence-corrected chi connectivity index (χ3v) is 4.95. The maximum atomic E-state index is 12.6. The van der Waals surface area contributed by atoms with Crippen molar-refractivity contribution in [3.8, 4) is 5.75 Å². The van der Waals surface area contributed by atoms with Crippen LogP contribution in [0.3, 0.4) is 0 Å². The van der Waals surface area contributed by atoms with E-state index in [0.717, 1.165) is 25.1 Å². The third-order valence-electron chi connectivity index (χ3n) is 4.95. The zero-order chi connectivity index (χ0) is 18.5. The molecule has 0 radical (unpaired) electrons. The minimum absolute atomic E-state index is 0.0794. The molecule has 0 saturated carbocycles. The Morgan fingerprint density at radius 2 is 1.85 bits per heavy atom. The molecule has 1 saturated heterocycles. The van der Waals surface area contributed by atoms with E-state index < -0.39 is 0 Å². The molecule has 0 amide bonds. The quantitative estimate of drug-likeness (QED) is 0.547. The topological polar surface area (TPSA) is 90.4 Å². The Bertz CT molecular complexity index is 752. The number of nitrogens with one attached hydrogen (secondary N) is 1. The van der Waals surface area contributed by atoms with Gasteiger partial charge in [0.15, 0.2) is 5.78 Å². The van der Waals surface area contributed by atoms with Crippen LogP contribution < -0.4 is 21.5 Å². The SMILES string of the molecule is CCC(Oc1ccc(C(=O)c2ccc(N)c(N)c2)cc1)C1CCCCN1. The lowest BCUT2D eigenvalue weighted by atomic mass is 9.98. The van der Waals surface area contributed by atoms with Gasteiger partial charge in [0.2, 0.25) is 0 Å². The molecule has 26 heavy (non-hydrogen) atoms. The molecule has 0 bridgehead atoms. The van der Waals surface area contributed by atoms with Gasteiger partial charge < -0.3 is 21.5 Å². The summed E-state index contributed by atoms with van der Waals surface area (Å²) in [5, 5.41) is 3.55. The molecular weight excluding hydrogens is 326 g/mol. The average molecular weight is 353 g/mol. The van der Waals surface area contributed by atoms with E-state index in [2.05, 4.69) is 12.2 Å². The van der Waals surface area contributed by atoms with Crippen LogP contribution in [0.2, 0.25) is 0 Å². The van der Waals surface area contributed by atoms with Gasteiger partial charge >= 0.3 is 0 Å². The van der Waals surface area contributed by atoms with E-state index in [-0.39, 0.29) is 11.9 Å². The van der Waals surface area contributed by atoms with Gasteiger partial charge in [-0.25, -0.2) is 0 Å². The fourth-order valence-corrected chi connectivity index (χ4v) is 3.39. The lowest BCUT2D eigenvalue weighted by Crippen LogP contribution is -2.45. The molecule has 2 atom stereocenters. The van der Waals surface area contributed by atoms with Crippen LogP contribution in [0, 0.1) is 0 Å². The molecule has 1 heterocycles. The molecule has 5 heteroatoms. The number of ether oxygens (including phenoxy) is 1. The van der Waals surface area contributed by atoms with Gasteiger partial charge in [0.1, 0.15) is 11.9 Å². The highest BCUT2D eigenvalue weighted by Gasteiger charge is 2.23. The first-order chi connectivity index (χ1) is 12.6. The van der Waals surface area contributed by atoms with Crippen molar-refractivity contribution in [3.63, 3.8) is 0 Å². The van der Waals surface area contributed by atoms with E-state index in [1.54, 1.807) is 30.3 Å². The number of benzene rings is 2. The smallest absolute Gasteiger partial charge is 0.193 e. The number of anilines is 2. The zero-order valence-electron chi connectivity index (χ0n) is 15.2. The largest absolute Gasteiger partial charge is 0.489 e. The molecule has 2 unspecified atom stereocenters. The highest BCUT2D eigenvalue weighted by molar-refractivity contribution is 6.09. The van der Waals surface area contributed by atoms with Gasteiger partial charge in [-0.1, -0.05) is 13.3 Å². The van der Waals surface area contributed by atoms with Crippen LogP contribution in [0.1, 0.15) is 48.5 Å². The van der Waals surface area contributed by atoms with E-state index in [4.69, 9.17) is 16.2 Å². The van der Waals surface area contributed by atoms with Gasteiger partial charge in [-0.15, -0.1) is 0 Å². The summed E-state index contributed by atoms with van der Waals surface area (Å²) in [5.41, 5.74) is 13.5. The van der Waals surface area contributed by atoms with Gasteiger partial charge in [-0.3, -0.25) is 4.79 Å². The highest BCUT2D eigenvalue weighted by atomic mass is 16.5. The summed E-state index contributed by atoms with van der Waals surface area (Å²) in [6.07, 6.45) is 4.72. The predicted molar refractivity (Wildman–Crippen MR) is 105 cm³/mol. The lowest BCUT2D eigenvalue weighted by Gasteiger charge is -2.31. The number of rotatable bonds is 6. The van der Waals surface area contributed by atoms with Crippen LogP contribution in [-0.2, 0) is 0 Å². The van der Waals surface area contributed by atoms with E-state index >= 15 is 0 Å². The number of ketones is 1. The van der Waals surface area contributed by atoms with E-state index in [9.17, 15) is 4.79 Å². The molecule has 1 aliphatic rings. The molecule has 3 rings (SSSR count). The van der Waals surface area contributed by atoms with Crippen LogP contribution in [0.4, 0.5) is 11.4 Å². The molecule has 1 aliphatic heterocycles. The van der Waals surface area contributed by atoms with Crippen LogP contribution in [0.5, 0.6) is 5.75 Å². The number of hydrogen-bond acceptors (Lipinski definition) is 5. The highest BCUT2D eigenvalue weighted by Crippen LogP contribution is 2.22. The van der Waals surface area contributed by atoms with Crippen molar-refractivity contribution in [1.82, 2.24) is 5.32 Å². The number of nitrogen functional groups attached to an aromatic ring is 2. The molecule has 2 aromatic rings. The number of carbonyl (C=O) groups is 1. The van der Waals surface area contributed by atoms with Gasteiger partial charge in [-0.2, -0.15) is 0 Å². The molecule has 5 nitrogen and oxygen atoms in total. The van der Waals surface area contributed by atoms with Crippen molar-refractivity contribution in [1.29, 1.82) is 0 Å². The second-order valence-electron chi connectivity index (χ2n) is 6.82. The molecular formula is C21H27N3O2. The monoisotopic (exact) mass is 353 g/mol. The first-order valence-corrected chi connectivity index (χ1v) is 9.28. The van der Waals surface area contributed by atoms with Crippen molar-refractivity contribution < 1.29 is 9.53 Å². The second kappa shape index (κ2) is 8.23. The predicted octanol–water partition coefficient (Wildman–Crippen LogP) is 3.38. The van der Waals surface area contributed by atoms with Crippen molar-refractivity contribution in [3.05, 3.63) is 53.6 Å². The first-order valence-electron chi connectivity index (χ1n) is 9.28. The van der Waals surface area contributed by atoms with Crippen molar-refractivity contribution in [2.24, 2.45) is 0 Å².